The second-order valence-electron chi connectivity index (χ2n) is 4.64. The van der Waals surface area contributed by atoms with E-state index in [1.807, 2.05) is 22.8 Å². The van der Waals surface area contributed by atoms with Gasteiger partial charge in [0.2, 0.25) is 3.79 Å². The molecule has 21 heavy (non-hydrogen) atoms. The monoisotopic (exact) mass is 350 g/mol. The standard InChI is InChI=1S/C14H17Cl3N2O2/c1-20-8-4-3-7-19-12-6-5-10(21-2)9-11(12)18-13(19)14(15,16)17/h5-6,9H,3-4,7-8H2,1-2H3. The highest BCUT2D eigenvalue weighted by Gasteiger charge is 2.30. The van der Waals surface area contributed by atoms with Crippen molar-refractivity contribution < 1.29 is 9.47 Å². The summed E-state index contributed by atoms with van der Waals surface area (Å²) in [6.07, 6.45) is 1.85. The number of rotatable bonds is 6. The Kier molecular flexibility index (Phi) is 5.60. The molecule has 0 amide bonds. The number of hydrogen-bond donors (Lipinski definition) is 0. The van der Waals surface area contributed by atoms with Crippen LogP contribution in [-0.2, 0) is 15.1 Å². The highest BCUT2D eigenvalue weighted by atomic mass is 35.6. The molecule has 0 aliphatic carbocycles. The molecular weight excluding hydrogens is 335 g/mol. The maximum atomic E-state index is 6.04. The molecule has 2 aromatic rings. The van der Waals surface area contributed by atoms with E-state index in [2.05, 4.69) is 4.98 Å². The number of ether oxygens (including phenoxy) is 2. The lowest BCUT2D eigenvalue weighted by molar-refractivity contribution is 0.191. The second-order valence-corrected chi connectivity index (χ2v) is 6.92. The number of alkyl halides is 3. The van der Waals surface area contributed by atoms with Gasteiger partial charge in [0.05, 0.1) is 18.1 Å². The third-order valence-electron chi connectivity index (χ3n) is 3.19. The van der Waals surface area contributed by atoms with E-state index in [-0.39, 0.29) is 0 Å². The third kappa shape index (κ3) is 3.95. The molecule has 0 N–H and O–H groups in total. The lowest BCUT2D eigenvalue weighted by Gasteiger charge is -2.14. The smallest absolute Gasteiger partial charge is 0.248 e. The third-order valence-corrected chi connectivity index (χ3v) is 3.70. The van der Waals surface area contributed by atoms with Crippen LogP contribution in [0.3, 0.4) is 0 Å². The first kappa shape index (κ1) is 16.7. The molecule has 0 saturated heterocycles. The fourth-order valence-electron chi connectivity index (χ4n) is 2.20. The Labute approximate surface area is 138 Å². The number of fused-ring (bicyclic) bond motifs is 1. The molecule has 1 aromatic carbocycles. The number of hydrogen-bond acceptors (Lipinski definition) is 3. The molecule has 0 saturated carbocycles. The summed E-state index contributed by atoms with van der Waals surface area (Å²) in [5.74, 6) is 1.15. The highest BCUT2D eigenvalue weighted by molar-refractivity contribution is 6.66. The van der Waals surface area contributed by atoms with Crippen LogP contribution in [0.25, 0.3) is 11.0 Å². The van der Waals surface area contributed by atoms with E-state index in [1.54, 1.807) is 14.2 Å². The average Bonchev–Trinajstić information content (AvgIpc) is 2.81. The summed E-state index contributed by atoms with van der Waals surface area (Å²) in [5, 5.41) is 0. The fraction of sp³-hybridized carbons (Fsp3) is 0.500. The first-order valence-corrected chi connectivity index (χ1v) is 7.71. The SMILES string of the molecule is COCCCCn1c(C(Cl)(Cl)Cl)nc2cc(OC)ccc21. The Morgan fingerprint density at radius 3 is 2.57 bits per heavy atom. The Bertz CT molecular complexity index is 608. The van der Waals surface area contributed by atoms with Crippen LogP contribution in [0.15, 0.2) is 18.2 Å². The molecule has 1 heterocycles. The van der Waals surface area contributed by atoms with Gasteiger partial charge < -0.3 is 14.0 Å². The van der Waals surface area contributed by atoms with Gasteiger partial charge in [0.25, 0.3) is 0 Å². The first-order valence-electron chi connectivity index (χ1n) is 6.57. The van der Waals surface area contributed by atoms with Crippen molar-refractivity contribution in [3.8, 4) is 5.75 Å². The van der Waals surface area contributed by atoms with Crippen molar-refractivity contribution in [1.82, 2.24) is 9.55 Å². The van der Waals surface area contributed by atoms with E-state index in [9.17, 15) is 0 Å². The molecule has 0 aliphatic rings. The first-order chi connectivity index (χ1) is 9.97. The van der Waals surface area contributed by atoms with Crippen molar-refractivity contribution in [1.29, 1.82) is 0 Å². The topological polar surface area (TPSA) is 36.3 Å². The lowest BCUT2D eigenvalue weighted by atomic mass is 10.2. The van der Waals surface area contributed by atoms with E-state index >= 15 is 0 Å². The van der Waals surface area contributed by atoms with Crippen LogP contribution in [0.2, 0.25) is 0 Å². The number of methoxy groups -OCH3 is 2. The summed E-state index contributed by atoms with van der Waals surface area (Å²) >= 11 is 18.1. The zero-order valence-corrected chi connectivity index (χ0v) is 14.2. The molecule has 4 nitrogen and oxygen atoms in total. The maximum absolute atomic E-state index is 6.04. The van der Waals surface area contributed by atoms with Crippen molar-refractivity contribution in [2.24, 2.45) is 0 Å². The number of halogens is 3. The zero-order chi connectivity index (χ0) is 15.5. The quantitative estimate of drug-likeness (QED) is 0.575. The van der Waals surface area contributed by atoms with Gasteiger partial charge in [0.15, 0.2) is 5.82 Å². The van der Waals surface area contributed by atoms with Crippen molar-refractivity contribution in [3.05, 3.63) is 24.0 Å². The van der Waals surface area contributed by atoms with Crippen molar-refractivity contribution >= 4 is 45.8 Å². The Morgan fingerprint density at radius 2 is 1.95 bits per heavy atom. The average molecular weight is 352 g/mol. The molecule has 0 spiro atoms. The molecule has 0 aliphatic heterocycles. The van der Waals surface area contributed by atoms with Crippen molar-refractivity contribution in [3.63, 3.8) is 0 Å². The van der Waals surface area contributed by atoms with Crippen LogP contribution in [0, 0.1) is 0 Å². The molecule has 0 atom stereocenters. The van der Waals surface area contributed by atoms with Gasteiger partial charge in [0.1, 0.15) is 5.75 Å². The van der Waals surface area contributed by atoms with Gasteiger partial charge in [-0.25, -0.2) is 4.98 Å². The van der Waals surface area contributed by atoms with Crippen LogP contribution in [0.5, 0.6) is 5.75 Å². The van der Waals surface area contributed by atoms with Crippen LogP contribution in [0.4, 0.5) is 0 Å². The number of aromatic nitrogens is 2. The number of unbranched alkanes of at least 4 members (excludes halogenated alkanes) is 1. The lowest BCUT2D eigenvalue weighted by Crippen LogP contribution is -2.12. The van der Waals surface area contributed by atoms with E-state index in [0.29, 0.717) is 12.4 Å². The number of aryl methyl sites for hydroxylation is 1. The number of imidazole rings is 1. The second kappa shape index (κ2) is 7.05. The van der Waals surface area contributed by atoms with Crippen LogP contribution < -0.4 is 4.74 Å². The Hall–Kier alpha value is -0.680. The summed E-state index contributed by atoms with van der Waals surface area (Å²) in [7, 11) is 3.30. The van der Waals surface area contributed by atoms with Gasteiger partial charge in [-0.05, 0) is 25.0 Å². The van der Waals surface area contributed by atoms with Gasteiger partial charge in [-0.3, -0.25) is 0 Å². The summed E-state index contributed by atoms with van der Waals surface area (Å²) in [6, 6.07) is 5.64. The maximum Gasteiger partial charge on any atom is 0.248 e. The molecule has 116 valence electrons. The van der Waals surface area contributed by atoms with Crippen molar-refractivity contribution in [2.75, 3.05) is 20.8 Å². The molecule has 0 radical (unpaired) electrons. The van der Waals surface area contributed by atoms with Crippen LogP contribution in [0.1, 0.15) is 18.7 Å². The van der Waals surface area contributed by atoms with Gasteiger partial charge >= 0.3 is 0 Å². The predicted octanol–water partition coefficient (Wildman–Crippen LogP) is 4.30. The van der Waals surface area contributed by atoms with Crippen LogP contribution >= 0.6 is 34.8 Å². The fourth-order valence-corrected chi connectivity index (χ4v) is 2.63. The van der Waals surface area contributed by atoms with Crippen LogP contribution in [-0.4, -0.2) is 30.4 Å². The minimum absolute atomic E-state index is 0.424. The molecular formula is C14H17Cl3N2O2. The molecule has 1 aromatic heterocycles. The summed E-state index contributed by atoms with van der Waals surface area (Å²) in [5.41, 5.74) is 1.68. The Balaban J connectivity index is 2.38. The van der Waals surface area contributed by atoms with Gasteiger partial charge in [-0.1, -0.05) is 34.8 Å². The zero-order valence-electron chi connectivity index (χ0n) is 11.9. The van der Waals surface area contributed by atoms with Crippen molar-refractivity contribution in [2.45, 2.75) is 23.2 Å². The minimum atomic E-state index is -1.56. The molecule has 0 fully saturated rings. The Morgan fingerprint density at radius 1 is 1.19 bits per heavy atom. The molecule has 7 heteroatoms. The largest absolute Gasteiger partial charge is 0.497 e. The summed E-state index contributed by atoms with van der Waals surface area (Å²) < 4.78 is 10.6. The predicted molar refractivity (Wildman–Crippen MR) is 86.6 cm³/mol. The number of benzene rings is 1. The van der Waals surface area contributed by atoms with Gasteiger partial charge in [0, 0.05) is 26.3 Å². The normalized spacial score (nSPS) is 12.0. The highest BCUT2D eigenvalue weighted by Crippen LogP contribution is 2.39. The number of nitrogens with zero attached hydrogens (tertiary/aromatic N) is 2. The summed E-state index contributed by atoms with van der Waals surface area (Å²) in [4.78, 5) is 4.45. The van der Waals surface area contributed by atoms with Gasteiger partial charge in [-0.15, -0.1) is 0 Å². The molecule has 0 bridgehead atoms. The molecule has 2 rings (SSSR count). The van der Waals surface area contributed by atoms with E-state index in [0.717, 1.165) is 36.2 Å². The van der Waals surface area contributed by atoms with E-state index < -0.39 is 3.79 Å². The molecule has 0 unspecified atom stereocenters. The van der Waals surface area contributed by atoms with E-state index in [4.69, 9.17) is 44.3 Å². The minimum Gasteiger partial charge on any atom is -0.497 e. The summed E-state index contributed by atoms with van der Waals surface area (Å²) in [6.45, 7) is 1.43. The van der Waals surface area contributed by atoms with E-state index in [1.165, 1.54) is 0 Å². The van der Waals surface area contributed by atoms with Gasteiger partial charge in [-0.2, -0.15) is 0 Å².